The van der Waals surface area contributed by atoms with E-state index in [1.165, 1.54) is 25.9 Å². The number of nitrogens with one attached hydrogen (secondary N) is 1. The molecule has 0 aromatic rings. The van der Waals surface area contributed by atoms with Crippen LogP contribution < -0.4 is 5.32 Å². The third kappa shape index (κ3) is 2.10. The molecular formula is C11H22N2S. The van der Waals surface area contributed by atoms with Gasteiger partial charge in [0.15, 0.2) is 0 Å². The molecule has 2 fully saturated rings. The average Bonchev–Trinajstić information content (AvgIpc) is 2.94. The first-order valence-corrected chi connectivity index (χ1v) is 6.98. The van der Waals surface area contributed by atoms with Gasteiger partial charge in [0, 0.05) is 30.4 Å². The van der Waals surface area contributed by atoms with Crippen molar-refractivity contribution in [1.29, 1.82) is 0 Å². The predicted octanol–water partition coefficient (Wildman–Crippen LogP) is 1.42. The molecule has 1 N–H and O–H groups in total. The topological polar surface area (TPSA) is 15.3 Å². The van der Waals surface area contributed by atoms with Crippen LogP contribution in [0.5, 0.6) is 0 Å². The molecule has 0 spiro atoms. The maximum atomic E-state index is 3.51. The van der Waals surface area contributed by atoms with Crippen LogP contribution in [0.1, 0.15) is 19.8 Å². The molecule has 14 heavy (non-hydrogen) atoms. The first-order chi connectivity index (χ1) is 6.74. The SMILES string of the molecule is CSC1CNCC1N(C)C(C)C1CC1. The fourth-order valence-corrected chi connectivity index (χ4v) is 3.39. The maximum absolute atomic E-state index is 3.51. The van der Waals surface area contributed by atoms with Crippen LogP contribution in [-0.4, -0.2) is 48.6 Å². The Kier molecular flexibility index (Phi) is 3.40. The monoisotopic (exact) mass is 214 g/mol. The first-order valence-electron chi connectivity index (χ1n) is 5.69. The summed E-state index contributed by atoms with van der Waals surface area (Å²) >= 11 is 2.01. The van der Waals surface area contributed by atoms with Crippen molar-refractivity contribution in [3.63, 3.8) is 0 Å². The molecule has 2 nitrogen and oxygen atoms in total. The number of thioether (sulfide) groups is 1. The summed E-state index contributed by atoms with van der Waals surface area (Å²) in [6, 6.07) is 1.54. The molecule has 1 aliphatic carbocycles. The number of likely N-dealkylation sites (N-methyl/N-ethyl adjacent to an activating group) is 1. The first kappa shape index (κ1) is 10.8. The second-order valence-corrected chi connectivity index (χ2v) is 5.82. The molecule has 0 aromatic heterocycles. The Morgan fingerprint density at radius 3 is 2.64 bits per heavy atom. The lowest BCUT2D eigenvalue weighted by molar-refractivity contribution is 0.180. The molecule has 2 rings (SSSR count). The van der Waals surface area contributed by atoms with Crippen LogP contribution in [0.4, 0.5) is 0 Å². The molecule has 82 valence electrons. The van der Waals surface area contributed by atoms with E-state index in [0.29, 0.717) is 0 Å². The molecule has 3 heteroatoms. The van der Waals surface area contributed by atoms with E-state index in [9.17, 15) is 0 Å². The number of nitrogens with zero attached hydrogens (tertiary/aromatic N) is 1. The van der Waals surface area contributed by atoms with Gasteiger partial charge in [-0.3, -0.25) is 4.90 Å². The molecule has 1 saturated heterocycles. The number of rotatable bonds is 4. The Morgan fingerprint density at radius 2 is 2.07 bits per heavy atom. The van der Waals surface area contributed by atoms with Crippen molar-refractivity contribution in [3.8, 4) is 0 Å². The highest BCUT2D eigenvalue weighted by Gasteiger charge is 2.37. The van der Waals surface area contributed by atoms with Crippen molar-refractivity contribution in [3.05, 3.63) is 0 Å². The second-order valence-electron chi connectivity index (χ2n) is 4.74. The smallest absolute Gasteiger partial charge is 0.0351 e. The van der Waals surface area contributed by atoms with E-state index in [1.807, 2.05) is 11.8 Å². The van der Waals surface area contributed by atoms with E-state index in [-0.39, 0.29) is 0 Å². The highest BCUT2D eigenvalue weighted by molar-refractivity contribution is 7.99. The molecule has 1 heterocycles. The molecule has 3 atom stereocenters. The van der Waals surface area contributed by atoms with Crippen LogP contribution in [0.15, 0.2) is 0 Å². The summed E-state index contributed by atoms with van der Waals surface area (Å²) in [6.45, 7) is 4.76. The van der Waals surface area contributed by atoms with Gasteiger partial charge in [0.2, 0.25) is 0 Å². The van der Waals surface area contributed by atoms with Gasteiger partial charge in [0.05, 0.1) is 0 Å². The van der Waals surface area contributed by atoms with Gasteiger partial charge in [-0.15, -0.1) is 0 Å². The summed E-state index contributed by atoms with van der Waals surface area (Å²) in [5.41, 5.74) is 0. The van der Waals surface area contributed by atoms with Crippen molar-refractivity contribution in [2.75, 3.05) is 26.4 Å². The second kappa shape index (κ2) is 4.42. The van der Waals surface area contributed by atoms with Crippen molar-refractivity contribution in [2.45, 2.75) is 37.1 Å². The van der Waals surface area contributed by atoms with Crippen LogP contribution in [0, 0.1) is 5.92 Å². The molecule has 0 amide bonds. The predicted molar refractivity (Wildman–Crippen MR) is 63.9 cm³/mol. The normalized spacial score (nSPS) is 35.1. The highest BCUT2D eigenvalue weighted by Crippen LogP contribution is 2.36. The van der Waals surface area contributed by atoms with E-state index in [2.05, 4.69) is 30.4 Å². The highest BCUT2D eigenvalue weighted by atomic mass is 32.2. The number of hydrogen-bond donors (Lipinski definition) is 1. The van der Waals surface area contributed by atoms with Crippen molar-refractivity contribution >= 4 is 11.8 Å². The molecule has 0 bridgehead atoms. The minimum Gasteiger partial charge on any atom is -0.314 e. The molecular weight excluding hydrogens is 192 g/mol. The molecule has 0 aromatic carbocycles. The Labute approximate surface area is 91.8 Å². The standard InChI is InChI=1S/C11H22N2S/c1-8(9-4-5-9)13(2)10-6-12-7-11(10)14-3/h8-12H,4-7H2,1-3H3. The summed E-state index contributed by atoms with van der Waals surface area (Å²) in [7, 11) is 2.31. The minimum atomic E-state index is 0.751. The van der Waals surface area contributed by atoms with Gasteiger partial charge in [-0.25, -0.2) is 0 Å². The molecule has 1 aliphatic heterocycles. The van der Waals surface area contributed by atoms with Gasteiger partial charge in [-0.2, -0.15) is 11.8 Å². The van der Waals surface area contributed by atoms with Crippen LogP contribution >= 0.6 is 11.8 Å². The van der Waals surface area contributed by atoms with E-state index < -0.39 is 0 Å². The Balaban J connectivity index is 1.91. The third-order valence-corrected chi connectivity index (χ3v) is 4.99. The zero-order valence-electron chi connectivity index (χ0n) is 9.49. The molecule has 0 radical (unpaired) electrons. The molecule has 3 unspecified atom stereocenters. The zero-order chi connectivity index (χ0) is 10.1. The Hall–Kier alpha value is 0.270. The van der Waals surface area contributed by atoms with E-state index in [1.54, 1.807) is 0 Å². The van der Waals surface area contributed by atoms with E-state index in [4.69, 9.17) is 0 Å². The Morgan fingerprint density at radius 1 is 1.36 bits per heavy atom. The third-order valence-electron chi connectivity index (χ3n) is 3.90. The lowest BCUT2D eigenvalue weighted by Gasteiger charge is -2.33. The summed E-state index contributed by atoms with van der Waals surface area (Å²) < 4.78 is 0. The summed E-state index contributed by atoms with van der Waals surface area (Å²) in [6.07, 6.45) is 5.14. The van der Waals surface area contributed by atoms with Gasteiger partial charge >= 0.3 is 0 Å². The van der Waals surface area contributed by atoms with Gasteiger partial charge in [0.1, 0.15) is 0 Å². The van der Waals surface area contributed by atoms with Crippen LogP contribution in [-0.2, 0) is 0 Å². The molecule has 1 saturated carbocycles. The van der Waals surface area contributed by atoms with Gasteiger partial charge in [0.25, 0.3) is 0 Å². The molecule has 2 aliphatic rings. The van der Waals surface area contributed by atoms with Crippen LogP contribution in [0.3, 0.4) is 0 Å². The summed E-state index contributed by atoms with van der Waals surface area (Å²) in [4.78, 5) is 2.61. The maximum Gasteiger partial charge on any atom is 0.0351 e. The zero-order valence-corrected chi connectivity index (χ0v) is 10.3. The van der Waals surface area contributed by atoms with Gasteiger partial charge < -0.3 is 5.32 Å². The summed E-state index contributed by atoms with van der Waals surface area (Å²) in [5.74, 6) is 0.989. The van der Waals surface area contributed by atoms with E-state index >= 15 is 0 Å². The van der Waals surface area contributed by atoms with Crippen LogP contribution in [0.25, 0.3) is 0 Å². The lowest BCUT2D eigenvalue weighted by Crippen LogP contribution is -2.45. The average molecular weight is 214 g/mol. The fourth-order valence-electron chi connectivity index (χ4n) is 2.50. The summed E-state index contributed by atoms with van der Waals surface area (Å²) in [5, 5.41) is 4.30. The van der Waals surface area contributed by atoms with Crippen molar-refractivity contribution in [2.24, 2.45) is 5.92 Å². The fraction of sp³-hybridized carbons (Fsp3) is 1.00. The van der Waals surface area contributed by atoms with Gasteiger partial charge in [-0.1, -0.05) is 0 Å². The van der Waals surface area contributed by atoms with Gasteiger partial charge in [-0.05, 0) is 39.0 Å². The van der Waals surface area contributed by atoms with Crippen LogP contribution in [0.2, 0.25) is 0 Å². The minimum absolute atomic E-state index is 0.751. The largest absolute Gasteiger partial charge is 0.314 e. The lowest BCUT2D eigenvalue weighted by atomic mass is 10.1. The Bertz CT molecular complexity index is 194. The number of hydrogen-bond acceptors (Lipinski definition) is 3. The quantitative estimate of drug-likeness (QED) is 0.762. The van der Waals surface area contributed by atoms with E-state index in [0.717, 1.165) is 23.3 Å². The van der Waals surface area contributed by atoms with Crippen molar-refractivity contribution in [1.82, 2.24) is 10.2 Å². The van der Waals surface area contributed by atoms with Crippen molar-refractivity contribution < 1.29 is 0 Å².